The fourth-order valence-electron chi connectivity index (χ4n) is 1.85. The number of hydrogen-bond acceptors (Lipinski definition) is 4. The number of rotatable bonds is 3. The van der Waals surface area contributed by atoms with Gasteiger partial charge < -0.3 is 10.1 Å². The van der Waals surface area contributed by atoms with E-state index in [1.54, 1.807) is 18.2 Å². The van der Waals surface area contributed by atoms with Crippen LogP contribution in [0.15, 0.2) is 24.3 Å². The van der Waals surface area contributed by atoms with Crippen LogP contribution in [0.25, 0.3) is 0 Å². The van der Waals surface area contributed by atoms with Gasteiger partial charge in [-0.25, -0.2) is 4.79 Å². The molecule has 0 aliphatic carbocycles. The Morgan fingerprint density at radius 2 is 2.00 bits per heavy atom. The van der Waals surface area contributed by atoms with Crippen molar-refractivity contribution in [3.63, 3.8) is 0 Å². The molecule has 2 amide bonds. The summed E-state index contributed by atoms with van der Waals surface area (Å²) in [5, 5.41) is 15.1. The van der Waals surface area contributed by atoms with Crippen LogP contribution in [0, 0.1) is 25.2 Å². The number of nitriles is 1. The predicted molar refractivity (Wildman–Crippen MR) is 84.1 cm³/mol. The first-order valence-corrected chi connectivity index (χ1v) is 7.09. The SMILES string of the molecule is COc1ccccc1NC(=O)Nc1sc(C)c(C)c1C#N. The summed E-state index contributed by atoms with van der Waals surface area (Å²) in [4.78, 5) is 13.1. The van der Waals surface area contributed by atoms with Crippen molar-refractivity contribution in [2.24, 2.45) is 0 Å². The van der Waals surface area contributed by atoms with Crippen LogP contribution in [0.2, 0.25) is 0 Å². The van der Waals surface area contributed by atoms with Crippen molar-refractivity contribution in [3.8, 4) is 11.8 Å². The highest BCUT2D eigenvalue weighted by atomic mass is 32.1. The Labute approximate surface area is 127 Å². The van der Waals surface area contributed by atoms with Gasteiger partial charge in [-0.2, -0.15) is 5.26 Å². The number of hydrogen-bond donors (Lipinski definition) is 2. The van der Waals surface area contributed by atoms with Crippen LogP contribution in [0.3, 0.4) is 0 Å². The van der Waals surface area contributed by atoms with Gasteiger partial charge >= 0.3 is 6.03 Å². The highest BCUT2D eigenvalue weighted by molar-refractivity contribution is 7.16. The van der Waals surface area contributed by atoms with Crippen molar-refractivity contribution in [2.45, 2.75) is 13.8 Å². The maximum absolute atomic E-state index is 12.1. The summed E-state index contributed by atoms with van der Waals surface area (Å²) in [6.45, 7) is 3.79. The van der Waals surface area contributed by atoms with E-state index in [2.05, 4.69) is 16.7 Å². The second kappa shape index (κ2) is 6.29. The normalized spacial score (nSPS) is 9.81. The van der Waals surface area contributed by atoms with Crippen LogP contribution in [0.4, 0.5) is 15.5 Å². The largest absolute Gasteiger partial charge is 0.495 e. The van der Waals surface area contributed by atoms with Crippen molar-refractivity contribution in [1.29, 1.82) is 5.26 Å². The Bertz CT molecular complexity index is 716. The van der Waals surface area contributed by atoms with Crippen LogP contribution >= 0.6 is 11.3 Å². The van der Waals surface area contributed by atoms with E-state index in [0.29, 0.717) is 22.0 Å². The molecule has 6 heteroatoms. The summed E-state index contributed by atoms with van der Waals surface area (Å²) in [5.74, 6) is 0.576. The number of nitrogens with one attached hydrogen (secondary N) is 2. The number of nitrogens with zero attached hydrogens (tertiary/aromatic N) is 1. The Morgan fingerprint density at radius 3 is 2.67 bits per heavy atom. The number of amides is 2. The molecule has 0 atom stereocenters. The van der Waals surface area contributed by atoms with Crippen molar-refractivity contribution in [2.75, 3.05) is 17.7 Å². The van der Waals surface area contributed by atoms with E-state index in [9.17, 15) is 4.79 Å². The average molecular weight is 301 g/mol. The van der Waals surface area contributed by atoms with E-state index in [1.165, 1.54) is 18.4 Å². The van der Waals surface area contributed by atoms with E-state index >= 15 is 0 Å². The lowest BCUT2D eigenvalue weighted by atomic mass is 10.2. The zero-order valence-corrected chi connectivity index (χ0v) is 12.8. The molecular weight excluding hydrogens is 286 g/mol. The summed E-state index contributed by atoms with van der Waals surface area (Å²) in [5.41, 5.74) is 1.98. The third-order valence-corrected chi connectivity index (χ3v) is 4.20. The number of carbonyl (C=O) groups excluding carboxylic acids is 1. The standard InChI is InChI=1S/C15H15N3O2S/c1-9-10(2)21-14(11(9)8-16)18-15(19)17-12-6-4-5-7-13(12)20-3/h4-7H,1-3H3,(H2,17,18,19). The summed E-state index contributed by atoms with van der Waals surface area (Å²) >= 11 is 1.39. The first-order chi connectivity index (χ1) is 10.1. The zero-order valence-electron chi connectivity index (χ0n) is 12.0. The molecule has 2 rings (SSSR count). The van der Waals surface area contributed by atoms with Crippen LogP contribution in [0.5, 0.6) is 5.75 Å². The molecule has 1 heterocycles. The molecule has 0 saturated heterocycles. The van der Waals surface area contributed by atoms with Gasteiger partial charge in [0.05, 0.1) is 18.4 Å². The lowest BCUT2D eigenvalue weighted by molar-refractivity contribution is 0.262. The molecule has 2 aromatic rings. The molecule has 0 saturated carbocycles. The number of para-hydroxylation sites is 2. The number of methoxy groups -OCH3 is 1. The van der Waals surface area contributed by atoms with Crippen LogP contribution in [-0.4, -0.2) is 13.1 Å². The molecule has 108 valence electrons. The Kier molecular flexibility index (Phi) is 4.45. The topological polar surface area (TPSA) is 74.2 Å². The highest BCUT2D eigenvalue weighted by Gasteiger charge is 2.15. The summed E-state index contributed by atoms with van der Waals surface area (Å²) in [7, 11) is 1.54. The fraction of sp³-hybridized carbons (Fsp3) is 0.200. The number of carbonyl (C=O) groups is 1. The lowest BCUT2D eigenvalue weighted by Gasteiger charge is -2.10. The van der Waals surface area contributed by atoms with Gasteiger partial charge in [0.2, 0.25) is 0 Å². The number of ether oxygens (including phenoxy) is 1. The number of urea groups is 1. The second-order valence-electron chi connectivity index (χ2n) is 4.38. The van der Waals surface area contributed by atoms with Crippen molar-refractivity contribution >= 4 is 28.1 Å². The summed E-state index contributed by atoms with van der Waals surface area (Å²) in [6, 6.07) is 8.84. The van der Waals surface area contributed by atoms with E-state index in [4.69, 9.17) is 10.00 Å². The van der Waals surface area contributed by atoms with Crippen LogP contribution in [0.1, 0.15) is 16.0 Å². The molecule has 0 fully saturated rings. The minimum Gasteiger partial charge on any atom is -0.495 e. The van der Waals surface area contributed by atoms with Crippen LogP contribution < -0.4 is 15.4 Å². The molecule has 1 aromatic carbocycles. The van der Waals surface area contributed by atoms with E-state index in [0.717, 1.165) is 10.4 Å². The molecule has 0 spiro atoms. The lowest BCUT2D eigenvalue weighted by Crippen LogP contribution is -2.19. The molecule has 0 radical (unpaired) electrons. The van der Waals surface area contributed by atoms with Gasteiger partial charge in [0.15, 0.2) is 0 Å². The van der Waals surface area contributed by atoms with Gasteiger partial charge in [-0.15, -0.1) is 11.3 Å². The van der Waals surface area contributed by atoms with Gasteiger partial charge in [0.1, 0.15) is 16.8 Å². The van der Waals surface area contributed by atoms with Gasteiger partial charge in [-0.3, -0.25) is 5.32 Å². The first kappa shape index (κ1) is 14.9. The molecule has 0 aliphatic heterocycles. The monoisotopic (exact) mass is 301 g/mol. The third kappa shape index (κ3) is 3.15. The molecule has 5 nitrogen and oxygen atoms in total. The summed E-state index contributed by atoms with van der Waals surface area (Å²) < 4.78 is 5.17. The third-order valence-electron chi connectivity index (χ3n) is 3.08. The van der Waals surface area contributed by atoms with Gasteiger partial charge in [0, 0.05) is 4.88 Å². The molecule has 2 N–H and O–H groups in total. The highest BCUT2D eigenvalue weighted by Crippen LogP contribution is 2.32. The Morgan fingerprint density at radius 1 is 1.29 bits per heavy atom. The minimum atomic E-state index is -0.405. The molecule has 0 aliphatic rings. The maximum Gasteiger partial charge on any atom is 0.324 e. The molecule has 1 aromatic heterocycles. The number of thiophene rings is 1. The molecule has 0 unspecified atom stereocenters. The number of anilines is 2. The smallest absolute Gasteiger partial charge is 0.324 e. The fourth-order valence-corrected chi connectivity index (χ4v) is 2.86. The second-order valence-corrected chi connectivity index (χ2v) is 5.60. The zero-order chi connectivity index (χ0) is 15.4. The predicted octanol–water partition coefficient (Wildman–Crippen LogP) is 3.89. The minimum absolute atomic E-state index is 0.405. The van der Waals surface area contributed by atoms with E-state index in [-0.39, 0.29) is 0 Å². The van der Waals surface area contributed by atoms with Gasteiger partial charge in [-0.1, -0.05) is 12.1 Å². The quantitative estimate of drug-likeness (QED) is 0.903. The van der Waals surface area contributed by atoms with Crippen molar-refractivity contribution in [1.82, 2.24) is 0 Å². The molecule has 0 bridgehead atoms. The Hall–Kier alpha value is -2.52. The average Bonchev–Trinajstić information content (AvgIpc) is 2.73. The van der Waals surface area contributed by atoms with Gasteiger partial charge in [-0.05, 0) is 31.5 Å². The van der Waals surface area contributed by atoms with Crippen molar-refractivity contribution < 1.29 is 9.53 Å². The molecule has 21 heavy (non-hydrogen) atoms. The van der Waals surface area contributed by atoms with E-state index < -0.39 is 6.03 Å². The number of benzene rings is 1. The van der Waals surface area contributed by atoms with Gasteiger partial charge in [0.25, 0.3) is 0 Å². The summed E-state index contributed by atoms with van der Waals surface area (Å²) in [6.07, 6.45) is 0. The maximum atomic E-state index is 12.1. The van der Waals surface area contributed by atoms with Crippen molar-refractivity contribution in [3.05, 3.63) is 40.3 Å². The van der Waals surface area contributed by atoms with Crippen LogP contribution in [-0.2, 0) is 0 Å². The Balaban J connectivity index is 2.16. The first-order valence-electron chi connectivity index (χ1n) is 6.28. The van der Waals surface area contributed by atoms with E-state index in [1.807, 2.05) is 19.9 Å². The molecular formula is C15H15N3O2S. The number of aryl methyl sites for hydroxylation is 1.